The van der Waals surface area contributed by atoms with Crippen molar-refractivity contribution in [1.82, 2.24) is 0 Å². The molecule has 3 N–H and O–H groups in total. The normalized spacial score (nSPS) is 13.5. The zero-order valence-corrected chi connectivity index (χ0v) is 12.0. The fourth-order valence-electron chi connectivity index (χ4n) is 2.55. The first kappa shape index (κ1) is 15.9. The van der Waals surface area contributed by atoms with Gasteiger partial charge in [-0.15, -0.1) is 0 Å². The van der Waals surface area contributed by atoms with Gasteiger partial charge in [-0.3, -0.25) is 9.59 Å². The van der Waals surface area contributed by atoms with Gasteiger partial charge in [-0.25, -0.2) is 0 Å². The molecule has 1 aliphatic rings. The van der Waals surface area contributed by atoms with Crippen LogP contribution in [-0.4, -0.2) is 29.5 Å². The van der Waals surface area contributed by atoms with Crippen molar-refractivity contribution in [2.45, 2.75) is 6.18 Å². The quantitative estimate of drug-likeness (QED) is 0.554. The van der Waals surface area contributed by atoms with E-state index in [1.165, 1.54) is 18.2 Å². The van der Waals surface area contributed by atoms with E-state index >= 15 is 0 Å². The summed E-state index contributed by atoms with van der Waals surface area (Å²) in [6.07, 6.45) is -4.62. The van der Waals surface area contributed by atoms with Gasteiger partial charge in [-0.2, -0.15) is 13.2 Å². The highest BCUT2D eigenvalue weighted by Gasteiger charge is 2.36. The first-order chi connectivity index (χ1) is 11.2. The molecule has 24 heavy (non-hydrogen) atoms. The van der Waals surface area contributed by atoms with E-state index in [0.717, 1.165) is 6.07 Å². The highest BCUT2D eigenvalue weighted by Crippen LogP contribution is 2.41. The maximum Gasteiger partial charge on any atom is 0.422 e. The van der Waals surface area contributed by atoms with Crippen LogP contribution in [0, 0.1) is 0 Å². The van der Waals surface area contributed by atoms with Gasteiger partial charge >= 0.3 is 6.18 Å². The molecule has 0 saturated carbocycles. The zero-order chi connectivity index (χ0) is 17.6. The van der Waals surface area contributed by atoms with E-state index < -0.39 is 41.5 Å². The Labute approximate surface area is 133 Å². The standard InChI is InChI=1S/C16H10F3NO4/c17-16(18,19)6-24-10-5-9(21)11-12(13(10)20)15(23)8-4-2-1-3-7(8)14(11)22/h1-5,21H,6,20H2. The van der Waals surface area contributed by atoms with Crippen molar-refractivity contribution in [2.75, 3.05) is 12.3 Å². The SMILES string of the molecule is Nc1c(OCC(F)(F)F)cc(O)c2c1C(=O)c1ccccc1C2=O. The summed E-state index contributed by atoms with van der Waals surface area (Å²) in [4.78, 5) is 25.0. The van der Waals surface area contributed by atoms with E-state index in [0.29, 0.717) is 0 Å². The molecule has 0 radical (unpaired) electrons. The van der Waals surface area contributed by atoms with Crippen LogP contribution in [0.1, 0.15) is 31.8 Å². The molecule has 5 nitrogen and oxygen atoms in total. The number of anilines is 1. The summed E-state index contributed by atoms with van der Waals surface area (Å²) in [6.45, 7) is -1.64. The summed E-state index contributed by atoms with van der Waals surface area (Å²) in [6, 6.07) is 6.71. The molecule has 0 saturated heterocycles. The van der Waals surface area contributed by atoms with Crippen molar-refractivity contribution in [3.05, 3.63) is 52.6 Å². The number of halogens is 3. The molecular formula is C16H10F3NO4. The summed E-state index contributed by atoms with van der Waals surface area (Å²) in [5, 5.41) is 10.0. The van der Waals surface area contributed by atoms with Crippen LogP contribution in [0.4, 0.5) is 18.9 Å². The van der Waals surface area contributed by atoms with Crippen molar-refractivity contribution in [1.29, 1.82) is 0 Å². The van der Waals surface area contributed by atoms with Crippen LogP contribution in [-0.2, 0) is 0 Å². The third-order valence-electron chi connectivity index (χ3n) is 3.57. The molecule has 0 atom stereocenters. The Morgan fingerprint density at radius 1 is 1.04 bits per heavy atom. The molecule has 0 amide bonds. The number of fused-ring (bicyclic) bond motifs is 2. The Morgan fingerprint density at radius 2 is 1.58 bits per heavy atom. The molecule has 0 aromatic heterocycles. The lowest BCUT2D eigenvalue weighted by atomic mass is 9.82. The lowest BCUT2D eigenvalue weighted by Gasteiger charge is -2.22. The second-order valence-corrected chi connectivity index (χ2v) is 5.17. The van der Waals surface area contributed by atoms with Gasteiger partial charge in [0.1, 0.15) is 11.5 Å². The molecule has 1 aliphatic carbocycles. The summed E-state index contributed by atoms with van der Waals surface area (Å²) in [5.74, 6) is -2.47. The number of phenolic OH excluding ortho intramolecular Hbond substituents is 1. The number of alkyl halides is 3. The molecule has 2 aromatic carbocycles. The van der Waals surface area contributed by atoms with E-state index in [-0.39, 0.29) is 22.3 Å². The number of carbonyl (C=O) groups is 2. The number of carbonyl (C=O) groups excluding carboxylic acids is 2. The van der Waals surface area contributed by atoms with Crippen molar-refractivity contribution in [2.24, 2.45) is 0 Å². The largest absolute Gasteiger partial charge is 0.507 e. The summed E-state index contributed by atoms with van der Waals surface area (Å²) < 4.78 is 41.4. The average molecular weight is 337 g/mol. The fourth-order valence-corrected chi connectivity index (χ4v) is 2.55. The second kappa shape index (κ2) is 5.26. The van der Waals surface area contributed by atoms with Crippen molar-refractivity contribution >= 4 is 17.3 Å². The number of nitrogens with two attached hydrogens (primary N) is 1. The molecular weight excluding hydrogens is 327 g/mol. The summed E-state index contributed by atoms with van der Waals surface area (Å²) in [5.41, 5.74) is 4.79. The van der Waals surface area contributed by atoms with Crippen molar-refractivity contribution < 1.29 is 32.6 Å². The number of rotatable bonds is 2. The van der Waals surface area contributed by atoms with Gasteiger partial charge < -0.3 is 15.6 Å². The third-order valence-corrected chi connectivity index (χ3v) is 3.57. The van der Waals surface area contributed by atoms with Crippen LogP contribution in [0.3, 0.4) is 0 Å². The molecule has 0 fully saturated rings. The van der Waals surface area contributed by atoms with Crippen LogP contribution < -0.4 is 10.5 Å². The Bertz CT molecular complexity index is 874. The molecule has 124 valence electrons. The van der Waals surface area contributed by atoms with E-state index in [9.17, 15) is 27.9 Å². The number of hydrogen-bond donors (Lipinski definition) is 2. The molecule has 0 aliphatic heterocycles. The Balaban J connectivity index is 2.15. The lowest BCUT2D eigenvalue weighted by Crippen LogP contribution is -2.24. The first-order valence-corrected chi connectivity index (χ1v) is 6.74. The molecule has 0 unspecified atom stereocenters. The van der Waals surface area contributed by atoms with Crippen LogP contribution in [0.25, 0.3) is 0 Å². The van der Waals surface area contributed by atoms with Crippen molar-refractivity contribution in [3.8, 4) is 11.5 Å². The zero-order valence-electron chi connectivity index (χ0n) is 12.0. The molecule has 0 heterocycles. The van der Waals surface area contributed by atoms with Crippen LogP contribution in [0.15, 0.2) is 30.3 Å². The third kappa shape index (κ3) is 2.45. The summed E-state index contributed by atoms with van der Waals surface area (Å²) >= 11 is 0. The lowest BCUT2D eigenvalue weighted by molar-refractivity contribution is -0.153. The van der Waals surface area contributed by atoms with Gasteiger partial charge in [0, 0.05) is 17.2 Å². The number of aromatic hydroxyl groups is 1. The summed E-state index contributed by atoms with van der Waals surface area (Å²) in [7, 11) is 0. The van der Waals surface area contributed by atoms with Gasteiger partial charge in [0.25, 0.3) is 0 Å². The monoisotopic (exact) mass is 337 g/mol. The fraction of sp³-hybridized carbons (Fsp3) is 0.125. The van der Waals surface area contributed by atoms with E-state index in [1.54, 1.807) is 6.07 Å². The molecule has 0 spiro atoms. The highest BCUT2D eigenvalue weighted by molar-refractivity contribution is 6.31. The Morgan fingerprint density at radius 3 is 2.12 bits per heavy atom. The van der Waals surface area contributed by atoms with Gasteiger partial charge in [0.15, 0.2) is 18.2 Å². The maximum absolute atomic E-state index is 12.6. The number of benzene rings is 2. The predicted molar refractivity (Wildman–Crippen MR) is 77.4 cm³/mol. The smallest absolute Gasteiger partial charge is 0.422 e. The average Bonchev–Trinajstić information content (AvgIpc) is 2.52. The predicted octanol–water partition coefficient (Wildman–Crippen LogP) is 2.69. The van der Waals surface area contributed by atoms with Gasteiger partial charge in [0.2, 0.25) is 0 Å². The number of phenols is 1. The van der Waals surface area contributed by atoms with Crippen LogP contribution >= 0.6 is 0 Å². The Kier molecular flexibility index (Phi) is 3.47. The Hall–Kier alpha value is -3.03. The van der Waals surface area contributed by atoms with Gasteiger partial charge in [-0.05, 0) is 0 Å². The topological polar surface area (TPSA) is 89.6 Å². The number of ether oxygens (including phenoxy) is 1. The molecule has 3 rings (SSSR count). The minimum atomic E-state index is -4.62. The van der Waals surface area contributed by atoms with Crippen LogP contribution in [0.2, 0.25) is 0 Å². The molecule has 8 heteroatoms. The van der Waals surface area contributed by atoms with Gasteiger partial charge in [-0.1, -0.05) is 24.3 Å². The van der Waals surface area contributed by atoms with Gasteiger partial charge in [0.05, 0.1) is 16.8 Å². The van der Waals surface area contributed by atoms with E-state index in [4.69, 9.17) is 5.73 Å². The molecule has 2 aromatic rings. The van der Waals surface area contributed by atoms with E-state index in [2.05, 4.69) is 4.74 Å². The number of ketones is 2. The number of hydrogen-bond acceptors (Lipinski definition) is 5. The first-order valence-electron chi connectivity index (χ1n) is 6.74. The van der Waals surface area contributed by atoms with Crippen molar-refractivity contribution in [3.63, 3.8) is 0 Å². The maximum atomic E-state index is 12.6. The minimum absolute atomic E-state index is 0.0640. The number of nitrogen functional groups attached to an aromatic ring is 1. The molecule has 0 bridgehead atoms. The van der Waals surface area contributed by atoms with Crippen LogP contribution in [0.5, 0.6) is 11.5 Å². The highest BCUT2D eigenvalue weighted by atomic mass is 19.4. The minimum Gasteiger partial charge on any atom is -0.507 e. The second-order valence-electron chi connectivity index (χ2n) is 5.17. The van der Waals surface area contributed by atoms with E-state index in [1.807, 2.05) is 0 Å².